The van der Waals surface area contributed by atoms with E-state index in [1.54, 1.807) is 36.5 Å². The smallest absolute Gasteiger partial charge is 0.255 e. The summed E-state index contributed by atoms with van der Waals surface area (Å²) in [5, 5.41) is 13.9. The van der Waals surface area contributed by atoms with Crippen LogP contribution in [0.3, 0.4) is 0 Å². The number of nitrogens with one attached hydrogen (secondary N) is 4. The van der Waals surface area contributed by atoms with Gasteiger partial charge in [-0.15, -0.1) is 11.3 Å². The molecule has 17 nitrogen and oxygen atoms in total. The van der Waals surface area contributed by atoms with Crippen molar-refractivity contribution >= 4 is 69.1 Å². The molecule has 2 fully saturated rings. The predicted octanol–water partition coefficient (Wildman–Crippen LogP) is 5.21. The van der Waals surface area contributed by atoms with E-state index < -0.39 is 29.1 Å². The highest BCUT2D eigenvalue weighted by molar-refractivity contribution is 7.13. The van der Waals surface area contributed by atoms with Crippen molar-refractivity contribution in [1.29, 1.82) is 0 Å². The number of rotatable bonds is 23. The van der Waals surface area contributed by atoms with Gasteiger partial charge in [-0.25, -0.2) is 14.4 Å². The SMILES string of the molecule is O=C1CCC(N2Cc3c(NC(=O)COCCOCCOCCOCCNC(=O)[C@]4(Cc5cccc(Nc6nccs6)n5)CC[C@@H](Oc5cccc(Cl)c5F)CC4)cccc3C2=O)C(=O)N1. The first kappa shape index (κ1) is 47.4. The second-order valence-electron chi connectivity index (χ2n) is 15.7. The lowest BCUT2D eigenvalue weighted by Crippen LogP contribution is -2.52. The summed E-state index contributed by atoms with van der Waals surface area (Å²) >= 11 is 7.44. The molecule has 1 atom stereocenters. The van der Waals surface area contributed by atoms with E-state index in [0.717, 1.165) is 5.69 Å². The van der Waals surface area contributed by atoms with E-state index in [-0.39, 0.29) is 80.4 Å². The lowest BCUT2D eigenvalue weighted by molar-refractivity contribution is -0.137. The molecule has 4 N–H and O–H groups in total. The Morgan fingerprint density at radius 2 is 1.63 bits per heavy atom. The van der Waals surface area contributed by atoms with Gasteiger partial charge < -0.3 is 44.5 Å². The zero-order valence-electron chi connectivity index (χ0n) is 35.6. The van der Waals surface area contributed by atoms with Crippen LogP contribution < -0.4 is 26.0 Å². The van der Waals surface area contributed by atoms with Crippen LogP contribution in [0.5, 0.6) is 5.75 Å². The minimum atomic E-state index is -0.768. The quantitative estimate of drug-likeness (QED) is 0.0558. The standard InChI is InChI=1S/C45H51ClFN7O10S/c46-33-6-3-8-36(40(33)47)64-30-12-14-45(15-13-30,26-29-4-1-9-37(50-29)52-44-49-17-25-65-44)43(59)48-16-18-60-19-20-61-21-22-62-23-24-63-28-39(56)51-34-7-2-5-31-32(34)27-54(42(31)58)35-10-11-38(55)53-41(35)57/h1-9,17,25,30,35H,10-16,18-24,26-28H2,(H,48,59)(H,51,56)(H,49,50,52)(H,53,55,57)/t30-,35?,45-. The molecule has 20 heteroatoms. The molecule has 1 saturated carbocycles. The number of piperidine rings is 1. The zero-order valence-corrected chi connectivity index (χ0v) is 37.2. The van der Waals surface area contributed by atoms with Gasteiger partial charge in [0.2, 0.25) is 23.6 Å². The van der Waals surface area contributed by atoms with Crippen LogP contribution in [0.25, 0.3) is 0 Å². The number of thiazole rings is 1. The number of hydrogen-bond acceptors (Lipinski definition) is 14. The Kier molecular flexibility index (Phi) is 16.8. The molecule has 346 valence electrons. The van der Waals surface area contributed by atoms with Gasteiger partial charge in [-0.1, -0.05) is 29.8 Å². The maximum absolute atomic E-state index is 14.6. The van der Waals surface area contributed by atoms with Crippen molar-refractivity contribution in [2.24, 2.45) is 5.41 Å². The molecule has 0 radical (unpaired) electrons. The van der Waals surface area contributed by atoms with Crippen LogP contribution in [0.15, 0.2) is 66.2 Å². The van der Waals surface area contributed by atoms with Crippen molar-refractivity contribution in [2.75, 3.05) is 70.0 Å². The number of imide groups is 1. The fourth-order valence-corrected chi connectivity index (χ4v) is 8.73. The Morgan fingerprint density at radius 3 is 2.37 bits per heavy atom. The minimum absolute atomic E-state index is 0.00764. The van der Waals surface area contributed by atoms with Crippen LogP contribution in [0.2, 0.25) is 5.02 Å². The maximum atomic E-state index is 14.6. The average Bonchev–Trinajstić information content (AvgIpc) is 3.93. The number of aromatic nitrogens is 2. The van der Waals surface area contributed by atoms with E-state index in [9.17, 15) is 28.4 Å². The molecule has 65 heavy (non-hydrogen) atoms. The Morgan fingerprint density at radius 1 is 0.908 bits per heavy atom. The minimum Gasteiger partial charge on any atom is -0.487 e. The molecule has 5 amide bonds. The second kappa shape index (κ2) is 23.1. The van der Waals surface area contributed by atoms with Gasteiger partial charge in [0.25, 0.3) is 5.91 Å². The number of carbonyl (C=O) groups is 5. The molecular weight excluding hydrogens is 885 g/mol. The molecule has 7 rings (SSSR count). The van der Waals surface area contributed by atoms with Gasteiger partial charge in [0.15, 0.2) is 16.7 Å². The summed E-state index contributed by atoms with van der Waals surface area (Å²) in [5.41, 5.74) is 1.44. The molecular formula is C45H51ClFN7O10S. The van der Waals surface area contributed by atoms with Gasteiger partial charge in [-0.2, -0.15) is 0 Å². The van der Waals surface area contributed by atoms with E-state index in [2.05, 4.69) is 26.3 Å². The molecule has 1 saturated heterocycles. The number of pyridine rings is 1. The van der Waals surface area contributed by atoms with Gasteiger partial charge in [0, 0.05) is 60.0 Å². The third-order valence-electron chi connectivity index (χ3n) is 11.3. The maximum Gasteiger partial charge on any atom is 0.255 e. The molecule has 2 aliphatic heterocycles. The lowest BCUT2D eigenvalue weighted by atomic mass is 9.69. The van der Waals surface area contributed by atoms with Crippen molar-refractivity contribution in [3.63, 3.8) is 0 Å². The Balaban J connectivity index is 0.758. The first-order chi connectivity index (χ1) is 31.6. The second-order valence-corrected chi connectivity index (χ2v) is 17.0. The molecule has 2 aromatic heterocycles. The molecule has 0 bridgehead atoms. The van der Waals surface area contributed by atoms with Gasteiger partial charge in [0.05, 0.1) is 62.8 Å². The van der Waals surface area contributed by atoms with E-state index in [0.29, 0.717) is 92.8 Å². The predicted molar refractivity (Wildman–Crippen MR) is 237 cm³/mol. The summed E-state index contributed by atoms with van der Waals surface area (Å²) in [4.78, 5) is 74.0. The van der Waals surface area contributed by atoms with E-state index in [4.69, 9.17) is 40.3 Å². The Hall–Kier alpha value is -5.57. The summed E-state index contributed by atoms with van der Waals surface area (Å²) in [7, 11) is 0. The van der Waals surface area contributed by atoms with Crippen LogP contribution in [-0.2, 0) is 51.1 Å². The van der Waals surface area contributed by atoms with Crippen molar-refractivity contribution in [3.8, 4) is 5.75 Å². The van der Waals surface area contributed by atoms with E-state index in [1.165, 1.54) is 22.3 Å². The molecule has 2 aromatic carbocycles. The number of benzene rings is 2. The number of hydrogen-bond donors (Lipinski definition) is 4. The molecule has 4 aromatic rings. The van der Waals surface area contributed by atoms with Crippen molar-refractivity contribution in [3.05, 3.63) is 93.8 Å². The molecule has 0 spiro atoms. The number of fused-ring (bicyclic) bond motifs is 1. The molecule has 1 aliphatic carbocycles. The average molecular weight is 936 g/mol. The summed E-state index contributed by atoms with van der Waals surface area (Å²) in [5.74, 6) is -1.57. The number of anilines is 3. The number of amides is 5. The van der Waals surface area contributed by atoms with E-state index in [1.807, 2.05) is 23.6 Å². The van der Waals surface area contributed by atoms with Crippen LogP contribution >= 0.6 is 22.9 Å². The third kappa shape index (κ3) is 12.8. The van der Waals surface area contributed by atoms with Crippen LogP contribution in [-0.4, -0.2) is 116 Å². The van der Waals surface area contributed by atoms with Crippen molar-refractivity contribution in [2.45, 2.75) is 63.6 Å². The highest BCUT2D eigenvalue weighted by Gasteiger charge is 2.43. The van der Waals surface area contributed by atoms with Crippen molar-refractivity contribution in [1.82, 2.24) is 25.5 Å². The van der Waals surface area contributed by atoms with Crippen LogP contribution in [0, 0.1) is 11.2 Å². The number of nitrogens with zero attached hydrogens (tertiary/aromatic N) is 3. The highest BCUT2D eigenvalue weighted by Crippen LogP contribution is 2.41. The van der Waals surface area contributed by atoms with E-state index >= 15 is 0 Å². The number of halogens is 2. The van der Waals surface area contributed by atoms with Crippen LogP contribution in [0.4, 0.5) is 21.0 Å². The summed E-state index contributed by atoms with van der Waals surface area (Å²) in [6.45, 7) is 2.16. The molecule has 1 unspecified atom stereocenters. The molecule has 4 heterocycles. The topological polar surface area (TPSA) is 209 Å². The summed E-state index contributed by atoms with van der Waals surface area (Å²) < 4.78 is 42.9. The highest BCUT2D eigenvalue weighted by atomic mass is 35.5. The lowest BCUT2D eigenvalue weighted by Gasteiger charge is -2.39. The zero-order chi connectivity index (χ0) is 45.6. The largest absolute Gasteiger partial charge is 0.487 e. The van der Waals surface area contributed by atoms with Gasteiger partial charge >= 0.3 is 0 Å². The Bertz CT molecular complexity index is 2300. The van der Waals surface area contributed by atoms with Gasteiger partial charge in [-0.05, 0) is 68.5 Å². The summed E-state index contributed by atoms with van der Waals surface area (Å²) in [6.07, 6.45) is 4.32. The Labute approximate surface area is 384 Å². The fourth-order valence-electron chi connectivity index (χ4n) is 8.03. The third-order valence-corrected chi connectivity index (χ3v) is 12.3. The first-order valence-electron chi connectivity index (χ1n) is 21.5. The monoisotopic (exact) mass is 935 g/mol. The van der Waals surface area contributed by atoms with Gasteiger partial charge in [0.1, 0.15) is 18.5 Å². The molecule has 3 aliphatic rings. The summed E-state index contributed by atoms with van der Waals surface area (Å²) in [6, 6.07) is 14.6. The van der Waals surface area contributed by atoms with Gasteiger partial charge in [-0.3, -0.25) is 29.3 Å². The number of ether oxygens (including phenoxy) is 5. The normalized spacial score (nSPS) is 19.4. The van der Waals surface area contributed by atoms with Crippen molar-refractivity contribution < 1.29 is 52.0 Å². The van der Waals surface area contributed by atoms with Crippen LogP contribution in [0.1, 0.15) is 60.1 Å². The number of carbonyl (C=O) groups excluding carboxylic acids is 5. The fraction of sp³-hybridized carbons (Fsp3) is 0.444. The first-order valence-corrected chi connectivity index (χ1v) is 22.7.